The van der Waals surface area contributed by atoms with E-state index in [0.717, 1.165) is 0 Å². The molecule has 0 aromatic heterocycles. The number of nitriles is 2. The summed E-state index contributed by atoms with van der Waals surface area (Å²) in [5.41, 5.74) is -0.769. The van der Waals surface area contributed by atoms with Gasteiger partial charge in [0.1, 0.15) is 0 Å². The van der Waals surface area contributed by atoms with Gasteiger partial charge in [-0.1, -0.05) is 0 Å². The summed E-state index contributed by atoms with van der Waals surface area (Å²) in [6, 6.07) is 4.02. The van der Waals surface area contributed by atoms with Gasteiger partial charge >= 0.3 is 0 Å². The minimum absolute atomic E-state index is 0.136. The molecule has 0 saturated heterocycles. The van der Waals surface area contributed by atoms with Crippen LogP contribution in [-0.2, 0) is 0 Å². The lowest BCUT2D eigenvalue weighted by molar-refractivity contribution is 0.593. The van der Waals surface area contributed by atoms with Crippen molar-refractivity contribution in [1.29, 1.82) is 10.5 Å². The van der Waals surface area contributed by atoms with E-state index < -0.39 is 5.54 Å². The van der Waals surface area contributed by atoms with Crippen LogP contribution < -0.4 is 0 Å². The Labute approximate surface area is 72.5 Å². The van der Waals surface area contributed by atoms with Crippen LogP contribution in [0.2, 0.25) is 0 Å². The molecule has 0 radical (unpaired) electrons. The van der Waals surface area contributed by atoms with Gasteiger partial charge in [0.05, 0.1) is 24.6 Å². The van der Waals surface area contributed by atoms with E-state index in [1.54, 1.807) is 20.8 Å². The first kappa shape index (κ1) is 10.6. The molecule has 0 rings (SSSR count). The SMILES string of the molecule is CC(C#N)C/N=N/C(C)(C)C#N. The van der Waals surface area contributed by atoms with E-state index in [9.17, 15) is 0 Å². The Morgan fingerprint density at radius 1 is 1.42 bits per heavy atom. The highest BCUT2D eigenvalue weighted by molar-refractivity contribution is 4.99. The molecule has 4 nitrogen and oxygen atoms in total. The summed E-state index contributed by atoms with van der Waals surface area (Å²) >= 11 is 0. The highest BCUT2D eigenvalue weighted by atomic mass is 15.1. The van der Waals surface area contributed by atoms with E-state index in [2.05, 4.69) is 10.2 Å². The van der Waals surface area contributed by atoms with Gasteiger partial charge < -0.3 is 0 Å². The number of rotatable bonds is 3. The molecule has 0 aliphatic rings. The lowest BCUT2D eigenvalue weighted by atomic mass is 10.1. The molecule has 0 amide bonds. The van der Waals surface area contributed by atoms with Crippen molar-refractivity contribution in [1.82, 2.24) is 0 Å². The Morgan fingerprint density at radius 3 is 2.42 bits per heavy atom. The average molecular weight is 164 g/mol. The summed E-state index contributed by atoms with van der Waals surface area (Å²) in [5.74, 6) is -0.136. The van der Waals surface area contributed by atoms with Crippen molar-refractivity contribution in [3.05, 3.63) is 0 Å². The van der Waals surface area contributed by atoms with E-state index in [-0.39, 0.29) is 5.92 Å². The largest absolute Gasteiger partial charge is 0.198 e. The van der Waals surface area contributed by atoms with Crippen molar-refractivity contribution < 1.29 is 0 Å². The first-order valence-electron chi connectivity index (χ1n) is 3.71. The molecule has 1 unspecified atom stereocenters. The minimum atomic E-state index is -0.769. The molecular weight excluding hydrogens is 152 g/mol. The van der Waals surface area contributed by atoms with E-state index >= 15 is 0 Å². The monoisotopic (exact) mass is 164 g/mol. The molecule has 0 aliphatic heterocycles. The Hall–Kier alpha value is -1.42. The number of hydrogen-bond acceptors (Lipinski definition) is 4. The lowest BCUT2D eigenvalue weighted by Gasteiger charge is -2.05. The molecule has 64 valence electrons. The molecule has 4 heteroatoms. The van der Waals surface area contributed by atoms with Gasteiger partial charge in [-0.2, -0.15) is 20.8 Å². The summed E-state index contributed by atoms with van der Waals surface area (Å²) in [5, 5.41) is 24.5. The number of hydrogen-bond donors (Lipinski definition) is 0. The Kier molecular flexibility index (Phi) is 3.93. The summed E-state index contributed by atoms with van der Waals surface area (Å²) in [4.78, 5) is 0. The zero-order chi connectivity index (χ0) is 9.61. The van der Waals surface area contributed by atoms with Crippen LogP contribution in [0, 0.1) is 28.6 Å². The van der Waals surface area contributed by atoms with E-state index in [4.69, 9.17) is 10.5 Å². The van der Waals surface area contributed by atoms with Gasteiger partial charge in [-0.25, -0.2) is 0 Å². The highest BCUT2D eigenvalue weighted by Crippen LogP contribution is 2.07. The third-order valence-electron chi connectivity index (χ3n) is 1.17. The summed E-state index contributed by atoms with van der Waals surface area (Å²) in [6.07, 6.45) is 0. The molecule has 0 heterocycles. The van der Waals surface area contributed by atoms with Crippen LogP contribution in [0.25, 0.3) is 0 Å². The maximum Gasteiger partial charge on any atom is 0.161 e. The fraction of sp³-hybridized carbons (Fsp3) is 0.750. The second kappa shape index (κ2) is 4.46. The average Bonchev–Trinajstić information content (AvgIpc) is 2.04. The normalized spacial score (nSPS) is 13.8. The second-order valence-electron chi connectivity index (χ2n) is 3.12. The van der Waals surface area contributed by atoms with Crippen LogP contribution in [0.4, 0.5) is 0 Å². The van der Waals surface area contributed by atoms with Crippen molar-refractivity contribution in [3.63, 3.8) is 0 Å². The van der Waals surface area contributed by atoms with Crippen LogP contribution >= 0.6 is 0 Å². The first-order chi connectivity index (χ1) is 5.52. The highest BCUT2D eigenvalue weighted by Gasteiger charge is 2.13. The van der Waals surface area contributed by atoms with Crippen LogP contribution in [0.3, 0.4) is 0 Å². The van der Waals surface area contributed by atoms with Gasteiger partial charge in [0.25, 0.3) is 0 Å². The van der Waals surface area contributed by atoms with E-state index in [1.165, 1.54) is 0 Å². The van der Waals surface area contributed by atoms with E-state index in [1.807, 2.05) is 12.1 Å². The third kappa shape index (κ3) is 4.40. The number of nitrogens with zero attached hydrogens (tertiary/aromatic N) is 4. The quantitative estimate of drug-likeness (QED) is 0.597. The van der Waals surface area contributed by atoms with Crippen molar-refractivity contribution in [2.45, 2.75) is 26.3 Å². The smallest absolute Gasteiger partial charge is 0.161 e. The molecule has 0 aromatic rings. The lowest BCUT2D eigenvalue weighted by Crippen LogP contribution is -2.12. The maximum absolute atomic E-state index is 8.55. The molecule has 1 atom stereocenters. The van der Waals surface area contributed by atoms with E-state index in [0.29, 0.717) is 6.54 Å². The molecular formula is C8H12N4. The molecule has 0 aromatic carbocycles. The van der Waals surface area contributed by atoms with Gasteiger partial charge in [-0.05, 0) is 20.8 Å². The van der Waals surface area contributed by atoms with Gasteiger partial charge in [-0.15, -0.1) is 0 Å². The molecule has 12 heavy (non-hydrogen) atoms. The van der Waals surface area contributed by atoms with Crippen molar-refractivity contribution in [2.24, 2.45) is 16.1 Å². The van der Waals surface area contributed by atoms with Crippen molar-refractivity contribution in [3.8, 4) is 12.1 Å². The second-order valence-corrected chi connectivity index (χ2v) is 3.12. The maximum atomic E-state index is 8.55. The zero-order valence-electron chi connectivity index (χ0n) is 7.57. The number of azo groups is 1. The Morgan fingerprint density at radius 2 is 2.00 bits per heavy atom. The van der Waals surface area contributed by atoms with Gasteiger partial charge in [0.2, 0.25) is 0 Å². The predicted molar refractivity (Wildman–Crippen MR) is 44.2 cm³/mol. The van der Waals surface area contributed by atoms with Crippen LogP contribution in [-0.4, -0.2) is 12.1 Å². The summed E-state index contributed by atoms with van der Waals surface area (Å²) in [7, 11) is 0. The fourth-order valence-electron chi connectivity index (χ4n) is 0.403. The third-order valence-corrected chi connectivity index (χ3v) is 1.17. The van der Waals surface area contributed by atoms with Crippen LogP contribution in [0.5, 0.6) is 0 Å². The predicted octanol–water partition coefficient (Wildman–Crippen LogP) is 1.90. The van der Waals surface area contributed by atoms with Crippen molar-refractivity contribution >= 4 is 0 Å². The van der Waals surface area contributed by atoms with Gasteiger partial charge in [0, 0.05) is 0 Å². The van der Waals surface area contributed by atoms with Crippen LogP contribution in [0.1, 0.15) is 20.8 Å². The minimum Gasteiger partial charge on any atom is -0.198 e. The van der Waals surface area contributed by atoms with Crippen molar-refractivity contribution in [2.75, 3.05) is 6.54 Å². The Balaban J connectivity index is 3.96. The molecule has 0 N–H and O–H groups in total. The standard InChI is InChI=1S/C8H12N4/c1-7(4-9)5-11-12-8(2,3)6-10/h7H,5H2,1-3H3/b12-11+. The first-order valence-corrected chi connectivity index (χ1v) is 3.71. The molecule has 0 bridgehead atoms. The zero-order valence-corrected chi connectivity index (χ0v) is 7.57. The topological polar surface area (TPSA) is 72.3 Å². The molecule has 0 saturated carbocycles. The fourth-order valence-corrected chi connectivity index (χ4v) is 0.403. The van der Waals surface area contributed by atoms with Gasteiger partial charge in [-0.3, -0.25) is 0 Å². The van der Waals surface area contributed by atoms with Gasteiger partial charge in [0.15, 0.2) is 5.54 Å². The molecule has 0 aliphatic carbocycles. The summed E-state index contributed by atoms with van der Waals surface area (Å²) < 4.78 is 0. The summed E-state index contributed by atoms with van der Waals surface area (Å²) in [6.45, 7) is 5.47. The molecule has 0 fully saturated rings. The van der Waals surface area contributed by atoms with Crippen LogP contribution in [0.15, 0.2) is 10.2 Å². The Bertz CT molecular complexity index is 241. The molecule has 0 spiro atoms.